The molecular weight excluding hydrogens is 270 g/mol. The van der Waals surface area contributed by atoms with E-state index in [2.05, 4.69) is 6.07 Å². The maximum absolute atomic E-state index is 9.31. The molecule has 0 fully saturated rings. The van der Waals surface area contributed by atoms with Crippen molar-refractivity contribution in [3.63, 3.8) is 0 Å². The van der Waals surface area contributed by atoms with Gasteiger partial charge in [-0.1, -0.05) is 35.9 Å². The molecule has 0 aliphatic carbocycles. The van der Waals surface area contributed by atoms with Crippen molar-refractivity contribution in [3.8, 4) is 11.8 Å². The first kappa shape index (κ1) is 14.4. The number of halogens is 1. The van der Waals surface area contributed by atoms with E-state index in [1.165, 1.54) is 0 Å². The lowest BCUT2D eigenvalue weighted by molar-refractivity contribution is 0.306. The molecule has 102 valence electrons. The first-order valence-corrected chi connectivity index (χ1v) is 6.92. The molecule has 2 aromatic rings. The zero-order chi connectivity index (χ0) is 14.4. The minimum Gasteiger partial charge on any atom is -0.494 e. The van der Waals surface area contributed by atoms with Gasteiger partial charge in [0.25, 0.3) is 0 Å². The van der Waals surface area contributed by atoms with Crippen LogP contribution in [-0.4, -0.2) is 6.61 Å². The second-order valence-electron chi connectivity index (χ2n) is 4.63. The molecule has 0 aliphatic heterocycles. The number of benzene rings is 2. The SMILES string of the molecule is Cc1ccccc1C(C#N)CCOc1ccc(Cl)cc1. The van der Waals surface area contributed by atoms with E-state index in [0.717, 1.165) is 16.9 Å². The summed E-state index contributed by atoms with van der Waals surface area (Å²) in [6.45, 7) is 2.54. The molecule has 3 heteroatoms. The van der Waals surface area contributed by atoms with Crippen LogP contribution in [0, 0.1) is 18.3 Å². The predicted octanol–water partition coefficient (Wildman–Crippen LogP) is 4.72. The first-order valence-electron chi connectivity index (χ1n) is 6.54. The lowest BCUT2D eigenvalue weighted by Gasteiger charge is -2.13. The Hall–Kier alpha value is -1.98. The van der Waals surface area contributed by atoms with Crippen molar-refractivity contribution >= 4 is 11.6 Å². The van der Waals surface area contributed by atoms with Crippen LogP contribution in [0.15, 0.2) is 48.5 Å². The van der Waals surface area contributed by atoms with E-state index < -0.39 is 0 Å². The molecule has 0 bridgehead atoms. The smallest absolute Gasteiger partial charge is 0.119 e. The second kappa shape index (κ2) is 6.98. The molecule has 0 radical (unpaired) electrons. The standard InChI is InChI=1S/C17H16ClNO/c1-13-4-2-3-5-17(13)14(12-19)10-11-20-16-8-6-15(18)7-9-16/h2-9,14H,10-11H2,1H3. The Kier molecular flexibility index (Phi) is 5.03. The van der Waals surface area contributed by atoms with E-state index in [4.69, 9.17) is 16.3 Å². The highest BCUT2D eigenvalue weighted by atomic mass is 35.5. The van der Waals surface area contributed by atoms with Gasteiger partial charge in [0.15, 0.2) is 0 Å². The minimum absolute atomic E-state index is 0.136. The molecule has 0 saturated heterocycles. The fourth-order valence-corrected chi connectivity index (χ4v) is 2.22. The van der Waals surface area contributed by atoms with Crippen LogP contribution >= 0.6 is 11.6 Å². The molecule has 0 heterocycles. The van der Waals surface area contributed by atoms with Crippen molar-refractivity contribution in [1.29, 1.82) is 5.26 Å². The highest BCUT2D eigenvalue weighted by Crippen LogP contribution is 2.23. The van der Waals surface area contributed by atoms with Crippen molar-refractivity contribution < 1.29 is 4.74 Å². The molecule has 0 spiro atoms. The lowest BCUT2D eigenvalue weighted by atomic mass is 9.94. The lowest BCUT2D eigenvalue weighted by Crippen LogP contribution is -2.05. The Morgan fingerprint density at radius 3 is 2.50 bits per heavy atom. The van der Waals surface area contributed by atoms with Crippen molar-refractivity contribution in [2.75, 3.05) is 6.61 Å². The maximum Gasteiger partial charge on any atom is 0.119 e. The molecule has 2 nitrogen and oxygen atoms in total. The number of nitriles is 1. The average Bonchev–Trinajstić information content (AvgIpc) is 2.47. The monoisotopic (exact) mass is 285 g/mol. The van der Waals surface area contributed by atoms with Gasteiger partial charge in [0.2, 0.25) is 0 Å². The Labute approximate surface area is 124 Å². The molecule has 1 unspecified atom stereocenters. The van der Waals surface area contributed by atoms with Gasteiger partial charge < -0.3 is 4.74 Å². The summed E-state index contributed by atoms with van der Waals surface area (Å²) in [5.74, 6) is 0.638. The molecular formula is C17H16ClNO. The molecule has 0 aromatic heterocycles. The summed E-state index contributed by atoms with van der Waals surface area (Å²) < 4.78 is 5.64. The maximum atomic E-state index is 9.31. The molecule has 0 aliphatic rings. The summed E-state index contributed by atoms with van der Waals surface area (Å²) in [6, 6.07) is 17.6. The van der Waals surface area contributed by atoms with Crippen LogP contribution in [0.5, 0.6) is 5.75 Å². The minimum atomic E-state index is -0.136. The Morgan fingerprint density at radius 2 is 1.85 bits per heavy atom. The predicted molar refractivity (Wildman–Crippen MR) is 81.1 cm³/mol. The fraction of sp³-hybridized carbons (Fsp3) is 0.235. The van der Waals surface area contributed by atoms with E-state index in [0.29, 0.717) is 18.1 Å². The summed E-state index contributed by atoms with van der Waals surface area (Å²) in [7, 11) is 0. The quantitative estimate of drug-likeness (QED) is 0.796. The Balaban J connectivity index is 1.94. The number of ether oxygens (including phenoxy) is 1. The third-order valence-electron chi connectivity index (χ3n) is 3.21. The zero-order valence-electron chi connectivity index (χ0n) is 11.3. The summed E-state index contributed by atoms with van der Waals surface area (Å²) in [5, 5.41) is 10.0. The van der Waals surface area contributed by atoms with Gasteiger partial charge in [0, 0.05) is 11.4 Å². The number of aryl methyl sites for hydroxylation is 1. The van der Waals surface area contributed by atoms with E-state index in [-0.39, 0.29) is 5.92 Å². The molecule has 20 heavy (non-hydrogen) atoms. The van der Waals surface area contributed by atoms with Gasteiger partial charge in [0.1, 0.15) is 5.75 Å². The highest BCUT2D eigenvalue weighted by Gasteiger charge is 2.12. The third kappa shape index (κ3) is 3.76. The number of nitrogens with zero attached hydrogens (tertiary/aromatic N) is 1. The molecule has 0 amide bonds. The summed E-state index contributed by atoms with van der Waals surface area (Å²) >= 11 is 5.82. The van der Waals surface area contributed by atoms with Crippen molar-refractivity contribution in [2.45, 2.75) is 19.3 Å². The van der Waals surface area contributed by atoms with E-state index in [1.54, 1.807) is 12.1 Å². The number of rotatable bonds is 5. The summed E-state index contributed by atoms with van der Waals surface area (Å²) in [5.41, 5.74) is 2.22. The van der Waals surface area contributed by atoms with Crippen molar-refractivity contribution in [3.05, 3.63) is 64.7 Å². The Morgan fingerprint density at radius 1 is 1.15 bits per heavy atom. The normalized spacial score (nSPS) is 11.7. The van der Waals surface area contributed by atoms with Gasteiger partial charge in [-0.05, 0) is 42.3 Å². The molecule has 1 atom stereocenters. The largest absolute Gasteiger partial charge is 0.494 e. The van der Waals surface area contributed by atoms with Gasteiger partial charge in [0.05, 0.1) is 18.6 Å². The van der Waals surface area contributed by atoms with Crippen LogP contribution in [0.2, 0.25) is 5.02 Å². The van der Waals surface area contributed by atoms with Gasteiger partial charge in [-0.15, -0.1) is 0 Å². The molecule has 0 N–H and O–H groups in total. The van der Waals surface area contributed by atoms with Crippen molar-refractivity contribution in [1.82, 2.24) is 0 Å². The third-order valence-corrected chi connectivity index (χ3v) is 3.46. The Bertz CT molecular complexity index is 601. The van der Waals surface area contributed by atoms with E-state index in [1.807, 2.05) is 43.3 Å². The average molecular weight is 286 g/mol. The van der Waals surface area contributed by atoms with Gasteiger partial charge >= 0.3 is 0 Å². The topological polar surface area (TPSA) is 33.0 Å². The summed E-state index contributed by atoms with van der Waals surface area (Å²) in [4.78, 5) is 0. The first-order chi connectivity index (χ1) is 9.70. The molecule has 2 rings (SSSR count). The number of hydrogen-bond acceptors (Lipinski definition) is 2. The second-order valence-corrected chi connectivity index (χ2v) is 5.07. The van der Waals surface area contributed by atoms with E-state index >= 15 is 0 Å². The van der Waals surface area contributed by atoms with Crippen LogP contribution in [-0.2, 0) is 0 Å². The zero-order valence-corrected chi connectivity index (χ0v) is 12.1. The summed E-state index contributed by atoms with van der Waals surface area (Å²) in [6.07, 6.45) is 0.671. The highest BCUT2D eigenvalue weighted by molar-refractivity contribution is 6.30. The van der Waals surface area contributed by atoms with Gasteiger partial charge in [-0.2, -0.15) is 5.26 Å². The number of hydrogen-bond donors (Lipinski definition) is 0. The van der Waals surface area contributed by atoms with Crippen LogP contribution in [0.25, 0.3) is 0 Å². The van der Waals surface area contributed by atoms with Crippen molar-refractivity contribution in [2.24, 2.45) is 0 Å². The molecule has 2 aromatic carbocycles. The molecule has 0 saturated carbocycles. The van der Waals surface area contributed by atoms with Gasteiger partial charge in [-0.25, -0.2) is 0 Å². The van der Waals surface area contributed by atoms with Crippen LogP contribution < -0.4 is 4.74 Å². The van der Waals surface area contributed by atoms with Crippen LogP contribution in [0.4, 0.5) is 0 Å². The van der Waals surface area contributed by atoms with Crippen LogP contribution in [0.3, 0.4) is 0 Å². The van der Waals surface area contributed by atoms with E-state index in [9.17, 15) is 5.26 Å². The fourth-order valence-electron chi connectivity index (χ4n) is 2.09. The van der Waals surface area contributed by atoms with Crippen LogP contribution in [0.1, 0.15) is 23.5 Å². The van der Waals surface area contributed by atoms with Gasteiger partial charge in [-0.3, -0.25) is 0 Å².